The van der Waals surface area contributed by atoms with Gasteiger partial charge in [-0.15, -0.1) is 0 Å². The van der Waals surface area contributed by atoms with E-state index in [9.17, 15) is 4.39 Å². The Morgan fingerprint density at radius 2 is 2.08 bits per heavy atom. The number of benzene rings is 1. The van der Waals surface area contributed by atoms with Crippen molar-refractivity contribution in [3.8, 4) is 6.07 Å². The Hall–Kier alpha value is -0.780. The summed E-state index contributed by atoms with van der Waals surface area (Å²) in [4.78, 5) is 0. The average Bonchev–Trinajstić information content (AvgIpc) is 2.08. The van der Waals surface area contributed by atoms with E-state index in [1.807, 2.05) is 0 Å². The monoisotopic (exact) mass is 203 g/mol. The number of alkyl halides is 1. The molecule has 1 aromatic rings. The molecule has 0 aliphatic carbocycles. The lowest BCUT2D eigenvalue weighted by molar-refractivity contribution is 0.424. The molecule has 0 radical (unpaired) electrons. The van der Waals surface area contributed by atoms with Crippen molar-refractivity contribution in [3.63, 3.8) is 0 Å². The van der Waals surface area contributed by atoms with Crippen molar-refractivity contribution < 1.29 is 4.39 Å². The summed E-state index contributed by atoms with van der Waals surface area (Å²) in [5.41, 5.74) is 0.117. The highest BCUT2D eigenvalue weighted by atomic mass is 35.5. The molecule has 0 spiro atoms. The molecule has 0 fully saturated rings. The second-order valence-corrected chi connectivity index (χ2v) is 2.92. The molecule has 0 saturated carbocycles. The number of nitriles is 1. The van der Waals surface area contributed by atoms with Crippen LogP contribution in [0.5, 0.6) is 0 Å². The summed E-state index contributed by atoms with van der Waals surface area (Å²) < 4.78 is 12.8. The minimum absolute atomic E-state index is 0.105. The van der Waals surface area contributed by atoms with Gasteiger partial charge in [-0.3, -0.25) is 0 Å². The van der Waals surface area contributed by atoms with Crippen LogP contribution in [0.1, 0.15) is 11.7 Å². The van der Waals surface area contributed by atoms with Gasteiger partial charge < -0.3 is 0 Å². The predicted octanol–water partition coefficient (Wildman–Crippen LogP) is 3.53. The van der Waals surface area contributed by atoms with Gasteiger partial charge in [0.2, 0.25) is 6.17 Å². The van der Waals surface area contributed by atoms with Crippen LogP contribution in [0.15, 0.2) is 18.2 Å². The van der Waals surface area contributed by atoms with Crippen LogP contribution in [-0.4, -0.2) is 0 Å². The molecular weight excluding hydrogens is 200 g/mol. The van der Waals surface area contributed by atoms with Crippen molar-refractivity contribution in [2.45, 2.75) is 6.17 Å². The van der Waals surface area contributed by atoms with Gasteiger partial charge in [-0.25, -0.2) is 4.39 Å². The first kappa shape index (κ1) is 9.31. The molecule has 1 aromatic carbocycles. The van der Waals surface area contributed by atoms with Crippen LogP contribution in [0.2, 0.25) is 10.0 Å². The number of hydrogen-bond acceptors (Lipinski definition) is 1. The molecule has 1 rings (SSSR count). The number of hydrogen-bond donors (Lipinski definition) is 0. The van der Waals surface area contributed by atoms with E-state index in [0.717, 1.165) is 0 Å². The number of halogens is 3. The van der Waals surface area contributed by atoms with Crippen LogP contribution < -0.4 is 0 Å². The Bertz CT molecular complexity index is 332. The Labute approximate surface area is 79.3 Å². The molecule has 0 amide bonds. The first-order valence-corrected chi connectivity index (χ1v) is 3.90. The third-order valence-corrected chi connectivity index (χ3v) is 2.20. The SMILES string of the molecule is N#CC(F)c1cccc(Cl)c1Cl. The molecule has 1 nitrogen and oxygen atoms in total. The van der Waals surface area contributed by atoms with Gasteiger partial charge in [0, 0.05) is 5.56 Å². The lowest BCUT2D eigenvalue weighted by Crippen LogP contribution is -1.88. The minimum Gasteiger partial charge on any atom is -0.226 e. The zero-order chi connectivity index (χ0) is 9.14. The van der Waals surface area contributed by atoms with E-state index < -0.39 is 6.17 Å². The summed E-state index contributed by atoms with van der Waals surface area (Å²) in [5.74, 6) is 0. The van der Waals surface area contributed by atoms with Gasteiger partial charge in [-0.1, -0.05) is 35.3 Å². The van der Waals surface area contributed by atoms with E-state index in [4.69, 9.17) is 28.5 Å². The Kier molecular flexibility index (Phi) is 2.91. The van der Waals surface area contributed by atoms with E-state index in [0.29, 0.717) is 0 Å². The van der Waals surface area contributed by atoms with Crippen LogP contribution in [0.25, 0.3) is 0 Å². The highest BCUT2D eigenvalue weighted by molar-refractivity contribution is 6.42. The molecule has 0 aromatic heterocycles. The second kappa shape index (κ2) is 3.75. The maximum absolute atomic E-state index is 12.8. The second-order valence-electron chi connectivity index (χ2n) is 2.13. The van der Waals surface area contributed by atoms with Gasteiger partial charge >= 0.3 is 0 Å². The van der Waals surface area contributed by atoms with Crippen molar-refractivity contribution in [2.24, 2.45) is 0 Å². The molecule has 0 saturated heterocycles. The Morgan fingerprint density at radius 1 is 1.42 bits per heavy atom. The predicted molar refractivity (Wildman–Crippen MR) is 45.9 cm³/mol. The Morgan fingerprint density at radius 3 is 2.67 bits per heavy atom. The van der Waals surface area contributed by atoms with E-state index in [2.05, 4.69) is 0 Å². The van der Waals surface area contributed by atoms with Crippen LogP contribution >= 0.6 is 23.2 Å². The van der Waals surface area contributed by atoms with Crippen molar-refractivity contribution in [1.29, 1.82) is 5.26 Å². The fraction of sp³-hybridized carbons (Fsp3) is 0.125. The molecular formula is C8H4Cl2FN. The average molecular weight is 204 g/mol. The van der Waals surface area contributed by atoms with Gasteiger partial charge in [0.1, 0.15) is 6.07 Å². The summed E-state index contributed by atoms with van der Waals surface area (Å²) in [6.07, 6.45) is -1.71. The topological polar surface area (TPSA) is 23.8 Å². The molecule has 0 N–H and O–H groups in total. The van der Waals surface area contributed by atoms with Crippen LogP contribution in [-0.2, 0) is 0 Å². The van der Waals surface area contributed by atoms with Crippen molar-refractivity contribution >= 4 is 23.2 Å². The van der Waals surface area contributed by atoms with Crippen LogP contribution in [0.3, 0.4) is 0 Å². The van der Waals surface area contributed by atoms with Gasteiger partial charge in [-0.2, -0.15) is 5.26 Å². The maximum Gasteiger partial charge on any atom is 0.212 e. The lowest BCUT2D eigenvalue weighted by atomic mass is 10.1. The standard InChI is InChI=1S/C8H4Cl2FN/c9-6-3-1-2-5(8(6)10)7(11)4-12/h1-3,7H. The van der Waals surface area contributed by atoms with Crippen molar-refractivity contribution in [2.75, 3.05) is 0 Å². The van der Waals surface area contributed by atoms with E-state index >= 15 is 0 Å². The first-order chi connectivity index (χ1) is 5.66. The largest absolute Gasteiger partial charge is 0.226 e. The van der Waals surface area contributed by atoms with E-state index in [-0.39, 0.29) is 15.6 Å². The number of nitrogens with zero attached hydrogens (tertiary/aromatic N) is 1. The summed E-state index contributed by atoms with van der Waals surface area (Å²) in [6.45, 7) is 0. The highest BCUT2D eigenvalue weighted by Crippen LogP contribution is 2.31. The third kappa shape index (κ3) is 1.69. The fourth-order valence-electron chi connectivity index (χ4n) is 0.786. The van der Waals surface area contributed by atoms with Gasteiger partial charge in [-0.05, 0) is 6.07 Å². The molecule has 1 unspecified atom stereocenters. The molecule has 0 aliphatic heterocycles. The fourth-order valence-corrected chi connectivity index (χ4v) is 1.19. The molecule has 0 bridgehead atoms. The minimum atomic E-state index is -1.71. The van der Waals surface area contributed by atoms with Gasteiger partial charge in [0.25, 0.3) is 0 Å². The molecule has 12 heavy (non-hydrogen) atoms. The normalized spacial score (nSPS) is 12.2. The number of rotatable bonds is 1. The highest BCUT2D eigenvalue weighted by Gasteiger charge is 2.13. The molecule has 1 atom stereocenters. The quantitative estimate of drug-likeness (QED) is 0.686. The molecule has 4 heteroatoms. The first-order valence-electron chi connectivity index (χ1n) is 3.14. The molecule has 0 heterocycles. The molecule has 62 valence electrons. The van der Waals surface area contributed by atoms with Crippen LogP contribution in [0.4, 0.5) is 4.39 Å². The molecule has 0 aliphatic rings. The third-order valence-electron chi connectivity index (χ3n) is 1.37. The van der Waals surface area contributed by atoms with Gasteiger partial charge in [0.15, 0.2) is 0 Å². The zero-order valence-corrected chi connectivity index (χ0v) is 7.40. The summed E-state index contributed by atoms with van der Waals surface area (Å²) in [6, 6.07) is 5.96. The lowest BCUT2D eigenvalue weighted by Gasteiger charge is -2.03. The van der Waals surface area contributed by atoms with Crippen molar-refractivity contribution in [1.82, 2.24) is 0 Å². The summed E-state index contributed by atoms with van der Waals surface area (Å²) >= 11 is 11.3. The van der Waals surface area contributed by atoms with E-state index in [1.54, 1.807) is 6.07 Å². The Balaban J connectivity index is 3.18. The zero-order valence-electron chi connectivity index (χ0n) is 5.89. The van der Waals surface area contributed by atoms with Crippen molar-refractivity contribution in [3.05, 3.63) is 33.8 Å². The smallest absolute Gasteiger partial charge is 0.212 e. The summed E-state index contributed by atoms with van der Waals surface area (Å²) in [5, 5.41) is 8.64. The van der Waals surface area contributed by atoms with E-state index in [1.165, 1.54) is 18.2 Å². The van der Waals surface area contributed by atoms with Gasteiger partial charge in [0.05, 0.1) is 10.0 Å². The van der Waals surface area contributed by atoms with Crippen LogP contribution in [0, 0.1) is 11.3 Å². The maximum atomic E-state index is 12.8. The summed E-state index contributed by atoms with van der Waals surface area (Å²) in [7, 11) is 0.